The molecule has 1 aliphatic heterocycles. The van der Waals surface area contributed by atoms with Crippen molar-refractivity contribution < 1.29 is 4.79 Å². The fourth-order valence-electron chi connectivity index (χ4n) is 2.83. The highest BCUT2D eigenvalue weighted by Crippen LogP contribution is 2.34. The number of amides is 1. The number of anilines is 1. The molecule has 1 N–H and O–H groups in total. The molecule has 2 rings (SSSR count). The standard InChI is InChI=1S/C17H26N2O/c1-5-17(3)8-10-19(11-9-17)16(20)15-7-6-14(18-4)12-13(15)2/h6-7,12,18H,5,8-11H2,1-4H3. The highest BCUT2D eigenvalue weighted by Gasteiger charge is 2.30. The minimum Gasteiger partial charge on any atom is -0.388 e. The van der Waals surface area contributed by atoms with Gasteiger partial charge in [-0.25, -0.2) is 0 Å². The summed E-state index contributed by atoms with van der Waals surface area (Å²) in [7, 11) is 1.90. The van der Waals surface area contributed by atoms with Gasteiger partial charge in [-0.2, -0.15) is 0 Å². The molecule has 1 fully saturated rings. The van der Waals surface area contributed by atoms with E-state index >= 15 is 0 Å². The zero-order valence-corrected chi connectivity index (χ0v) is 13.1. The van der Waals surface area contributed by atoms with Gasteiger partial charge in [-0.3, -0.25) is 4.79 Å². The maximum atomic E-state index is 12.6. The smallest absolute Gasteiger partial charge is 0.254 e. The first-order valence-electron chi connectivity index (χ1n) is 7.57. The minimum absolute atomic E-state index is 0.184. The van der Waals surface area contributed by atoms with Crippen molar-refractivity contribution in [1.29, 1.82) is 0 Å². The Bertz CT molecular complexity index is 488. The third-order valence-corrected chi connectivity index (χ3v) is 4.86. The van der Waals surface area contributed by atoms with Gasteiger partial charge in [0.25, 0.3) is 5.91 Å². The minimum atomic E-state index is 0.184. The topological polar surface area (TPSA) is 32.3 Å². The number of aryl methyl sites for hydroxylation is 1. The van der Waals surface area contributed by atoms with E-state index in [1.165, 1.54) is 6.42 Å². The maximum absolute atomic E-state index is 12.6. The van der Waals surface area contributed by atoms with Crippen LogP contribution in [0, 0.1) is 12.3 Å². The normalized spacial score (nSPS) is 17.9. The molecule has 3 nitrogen and oxygen atoms in total. The van der Waals surface area contributed by atoms with E-state index in [9.17, 15) is 4.79 Å². The van der Waals surface area contributed by atoms with Crippen molar-refractivity contribution >= 4 is 11.6 Å². The number of nitrogens with one attached hydrogen (secondary N) is 1. The number of carbonyl (C=O) groups excluding carboxylic acids is 1. The van der Waals surface area contributed by atoms with Crippen LogP contribution in [-0.2, 0) is 0 Å². The lowest BCUT2D eigenvalue weighted by atomic mass is 9.78. The first kappa shape index (κ1) is 14.9. The summed E-state index contributed by atoms with van der Waals surface area (Å²) in [6.45, 7) is 8.36. The van der Waals surface area contributed by atoms with Gasteiger partial charge < -0.3 is 10.2 Å². The van der Waals surface area contributed by atoms with Crippen molar-refractivity contribution in [2.45, 2.75) is 40.0 Å². The summed E-state index contributed by atoms with van der Waals surface area (Å²) in [5.41, 5.74) is 3.35. The van der Waals surface area contributed by atoms with Gasteiger partial charge in [-0.15, -0.1) is 0 Å². The molecule has 1 aromatic carbocycles. The SMILES string of the molecule is CCC1(C)CCN(C(=O)c2ccc(NC)cc2C)CC1. The number of piperidine rings is 1. The number of nitrogens with zero attached hydrogens (tertiary/aromatic N) is 1. The van der Waals surface area contributed by atoms with Crippen LogP contribution in [0.3, 0.4) is 0 Å². The maximum Gasteiger partial charge on any atom is 0.254 e. The van der Waals surface area contributed by atoms with E-state index in [4.69, 9.17) is 0 Å². The second-order valence-corrected chi connectivity index (χ2v) is 6.24. The van der Waals surface area contributed by atoms with Crippen LogP contribution in [0.15, 0.2) is 18.2 Å². The van der Waals surface area contributed by atoms with Gasteiger partial charge in [0.1, 0.15) is 0 Å². The van der Waals surface area contributed by atoms with Gasteiger partial charge in [-0.1, -0.05) is 20.3 Å². The first-order valence-corrected chi connectivity index (χ1v) is 7.57. The van der Waals surface area contributed by atoms with E-state index in [2.05, 4.69) is 19.2 Å². The zero-order valence-electron chi connectivity index (χ0n) is 13.1. The number of hydrogen-bond acceptors (Lipinski definition) is 2. The number of hydrogen-bond donors (Lipinski definition) is 1. The molecule has 0 bridgehead atoms. The quantitative estimate of drug-likeness (QED) is 0.911. The Balaban J connectivity index is 2.09. The molecule has 20 heavy (non-hydrogen) atoms. The van der Waals surface area contributed by atoms with Crippen molar-refractivity contribution in [2.75, 3.05) is 25.5 Å². The highest BCUT2D eigenvalue weighted by atomic mass is 16.2. The van der Waals surface area contributed by atoms with E-state index in [1.807, 2.05) is 37.1 Å². The molecule has 0 aromatic heterocycles. The summed E-state index contributed by atoms with van der Waals surface area (Å²) in [5, 5.41) is 3.11. The van der Waals surface area contributed by atoms with Gasteiger partial charge >= 0.3 is 0 Å². The third-order valence-electron chi connectivity index (χ3n) is 4.86. The van der Waals surface area contributed by atoms with Gasteiger partial charge in [-0.05, 0) is 48.9 Å². The molecule has 3 heteroatoms. The molecule has 1 heterocycles. The Kier molecular flexibility index (Phi) is 4.36. The van der Waals surface area contributed by atoms with E-state index in [0.29, 0.717) is 5.41 Å². The second-order valence-electron chi connectivity index (χ2n) is 6.24. The number of benzene rings is 1. The third kappa shape index (κ3) is 2.97. The van der Waals surface area contributed by atoms with Crippen LogP contribution < -0.4 is 5.32 Å². The second kappa shape index (κ2) is 5.86. The van der Waals surface area contributed by atoms with E-state index in [0.717, 1.165) is 42.7 Å². The summed E-state index contributed by atoms with van der Waals surface area (Å²) in [6.07, 6.45) is 3.43. The average Bonchev–Trinajstić information content (AvgIpc) is 2.47. The van der Waals surface area contributed by atoms with E-state index < -0.39 is 0 Å². The van der Waals surface area contributed by atoms with Gasteiger partial charge in [0.05, 0.1) is 0 Å². The van der Waals surface area contributed by atoms with Crippen molar-refractivity contribution in [3.8, 4) is 0 Å². The molecule has 0 saturated carbocycles. The summed E-state index contributed by atoms with van der Waals surface area (Å²) < 4.78 is 0. The molecule has 0 spiro atoms. The summed E-state index contributed by atoms with van der Waals surface area (Å²) in [6, 6.07) is 5.95. The molecule has 0 unspecified atom stereocenters. The van der Waals surface area contributed by atoms with Crippen molar-refractivity contribution in [3.05, 3.63) is 29.3 Å². The monoisotopic (exact) mass is 274 g/mol. The fourth-order valence-corrected chi connectivity index (χ4v) is 2.83. The van der Waals surface area contributed by atoms with Crippen molar-refractivity contribution in [2.24, 2.45) is 5.41 Å². The molecule has 1 aromatic rings. The Morgan fingerprint density at radius 3 is 2.50 bits per heavy atom. The number of likely N-dealkylation sites (tertiary alicyclic amines) is 1. The van der Waals surface area contributed by atoms with Crippen molar-refractivity contribution in [1.82, 2.24) is 4.90 Å². The molecule has 1 saturated heterocycles. The predicted octanol–water partition coefficient (Wildman–Crippen LogP) is 3.69. The summed E-state index contributed by atoms with van der Waals surface area (Å²) in [5.74, 6) is 0.184. The Morgan fingerprint density at radius 2 is 2.00 bits per heavy atom. The van der Waals surface area contributed by atoms with Crippen LogP contribution in [0.5, 0.6) is 0 Å². The van der Waals surface area contributed by atoms with Gasteiger partial charge in [0, 0.05) is 31.4 Å². The molecule has 1 amide bonds. The van der Waals surface area contributed by atoms with E-state index in [-0.39, 0.29) is 5.91 Å². The molecular formula is C17H26N2O. The largest absolute Gasteiger partial charge is 0.388 e. The molecule has 0 aliphatic carbocycles. The molecular weight excluding hydrogens is 248 g/mol. The predicted molar refractivity (Wildman–Crippen MR) is 84.3 cm³/mol. The lowest BCUT2D eigenvalue weighted by molar-refractivity contribution is 0.0599. The lowest BCUT2D eigenvalue weighted by Gasteiger charge is -2.39. The number of rotatable bonds is 3. The Hall–Kier alpha value is -1.51. The molecule has 0 radical (unpaired) electrons. The van der Waals surface area contributed by atoms with Crippen LogP contribution in [0.1, 0.15) is 49.0 Å². The molecule has 110 valence electrons. The molecule has 1 aliphatic rings. The Morgan fingerprint density at radius 1 is 1.35 bits per heavy atom. The fraction of sp³-hybridized carbons (Fsp3) is 0.588. The van der Waals surface area contributed by atoms with E-state index in [1.54, 1.807) is 0 Å². The van der Waals surface area contributed by atoms with Crippen molar-refractivity contribution in [3.63, 3.8) is 0 Å². The Labute approximate surface area is 122 Å². The molecule has 0 atom stereocenters. The summed E-state index contributed by atoms with van der Waals surface area (Å²) >= 11 is 0. The van der Waals surface area contributed by atoms with Crippen LogP contribution in [0.25, 0.3) is 0 Å². The van der Waals surface area contributed by atoms with Crippen LogP contribution in [-0.4, -0.2) is 30.9 Å². The summed E-state index contributed by atoms with van der Waals surface area (Å²) in [4.78, 5) is 14.6. The average molecular weight is 274 g/mol. The lowest BCUT2D eigenvalue weighted by Crippen LogP contribution is -2.42. The highest BCUT2D eigenvalue weighted by molar-refractivity contribution is 5.96. The zero-order chi connectivity index (χ0) is 14.8. The first-order chi connectivity index (χ1) is 9.49. The van der Waals surface area contributed by atoms with Crippen LogP contribution in [0.2, 0.25) is 0 Å². The van der Waals surface area contributed by atoms with Gasteiger partial charge in [0.2, 0.25) is 0 Å². The van der Waals surface area contributed by atoms with Crippen LogP contribution in [0.4, 0.5) is 5.69 Å². The number of carbonyl (C=O) groups is 1. The van der Waals surface area contributed by atoms with Gasteiger partial charge in [0.15, 0.2) is 0 Å². The van der Waals surface area contributed by atoms with Crippen LogP contribution >= 0.6 is 0 Å².